The molecule has 0 aliphatic carbocycles. The van der Waals surface area contributed by atoms with Crippen LogP contribution in [-0.2, 0) is 9.47 Å². The highest BCUT2D eigenvalue weighted by Crippen LogP contribution is 2.28. The van der Waals surface area contributed by atoms with E-state index in [1.807, 2.05) is 83.8 Å². The van der Waals surface area contributed by atoms with E-state index in [-0.39, 0.29) is 11.9 Å². The van der Waals surface area contributed by atoms with E-state index in [0.717, 1.165) is 46.7 Å². The molecule has 6 rings (SSSR count). The summed E-state index contributed by atoms with van der Waals surface area (Å²) in [5, 5.41) is 3.80. The Balaban J connectivity index is 0.977. The second kappa shape index (κ2) is 11.8. The number of hydrogen-bond acceptors (Lipinski definition) is 8. The molecule has 0 fully saturated rings. The topological polar surface area (TPSA) is 87.2 Å². The van der Waals surface area contributed by atoms with E-state index >= 15 is 0 Å². The van der Waals surface area contributed by atoms with E-state index in [1.54, 1.807) is 8.80 Å². The molecule has 40 heavy (non-hydrogen) atoms. The van der Waals surface area contributed by atoms with Crippen LogP contribution in [0.15, 0.2) is 83.8 Å². The Morgan fingerprint density at radius 2 is 1.05 bits per heavy atom. The largest absolute Gasteiger partial charge is 0.461 e. The number of ether oxygens (including phenoxy) is 2. The highest BCUT2D eigenvalue weighted by molar-refractivity contribution is 7.15. The molecule has 0 bridgehead atoms. The third kappa shape index (κ3) is 5.28. The molecule has 6 aromatic rings. The minimum Gasteiger partial charge on any atom is -0.461 e. The number of imidazole rings is 2. The van der Waals surface area contributed by atoms with Crippen LogP contribution in [0, 0.1) is 0 Å². The van der Waals surface area contributed by atoms with Crippen molar-refractivity contribution in [2.45, 2.75) is 25.7 Å². The second-order valence-corrected chi connectivity index (χ2v) is 10.9. The van der Waals surface area contributed by atoms with Gasteiger partial charge in [-0.05, 0) is 25.7 Å². The third-order valence-corrected chi connectivity index (χ3v) is 8.02. The van der Waals surface area contributed by atoms with Crippen LogP contribution in [0.25, 0.3) is 32.4 Å². The summed E-state index contributed by atoms with van der Waals surface area (Å²) in [6.07, 6.45) is 6.84. The number of nitrogens with zero attached hydrogens (tertiary/aromatic N) is 4. The molecular weight excluding hydrogens is 544 g/mol. The van der Waals surface area contributed by atoms with Gasteiger partial charge in [0.15, 0.2) is 21.3 Å². The zero-order valence-electron chi connectivity index (χ0n) is 21.6. The van der Waals surface area contributed by atoms with Gasteiger partial charge in [-0.15, -0.1) is 22.7 Å². The zero-order chi connectivity index (χ0) is 27.3. The fourth-order valence-corrected chi connectivity index (χ4v) is 6.01. The second-order valence-electron chi connectivity index (χ2n) is 9.15. The van der Waals surface area contributed by atoms with Gasteiger partial charge >= 0.3 is 11.9 Å². The first-order valence-electron chi connectivity index (χ1n) is 13.1. The zero-order valence-corrected chi connectivity index (χ0v) is 23.2. The molecule has 8 nitrogen and oxygen atoms in total. The van der Waals surface area contributed by atoms with E-state index in [0.29, 0.717) is 36.0 Å². The molecule has 202 valence electrons. The first-order chi connectivity index (χ1) is 19.7. The number of aromatic nitrogens is 4. The highest BCUT2D eigenvalue weighted by Gasteiger charge is 2.23. The summed E-state index contributed by atoms with van der Waals surface area (Å²) in [4.78, 5) is 36.8. The van der Waals surface area contributed by atoms with Gasteiger partial charge in [-0.3, -0.25) is 8.80 Å². The van der Waals surface area contributed by atoms with Gasteiger partial charge in [0.25, 0.3) is 0 Å². The van der Waals surface area contributed by atoms with E-state index < -0.39 is 0 Å². The van der Waals surface area contributed by atoms with Crippen LogP contribution >= 0.6 is 22.7 Å². The number of fused-ring (bicyclic) bond motifs is 2. The fourth-order valence-electron chi connectivity index (χ4n) is 4.58. The van der Waals surface area contributed by atoms with Gasteiger partial charge in [0, 0.05) is 34.3 Å². The number of carbonyl (C=O) groups is 2. The standard InChI is InChI=1S/C30H26N4O4S2/c35-27(25-23(21-11-5-3-6-12-21)31-29-33(25)15-19-39-29)37-17-9-1-2-10-18-38-28(36)26-24(22-13-7-4-8-14-22)32-30-34(26)16-20-40-30/h3-8,11-16,19-20H,1-2,9-10,17-18H2. The summed E-state index contributed by atoms with van der Waals surface area (Å²) >= 11 is 2.96. The van der Waals surface area contributed by atoms with Crippen LogP contribution in [0.3, 0.4) is 0 Å². The summed E-state index contributed by atoms with van der Waals surface area (Å²) in [7, 11) is 0. The summed E-state index contributed by atoms with van der Waals surface area (Å²) in [6.45, 7) is 0.632. The summed E-state index contributed by atoms with van der Waals surface area (Å²) in [5.41, 5.74) is 3.92. The predicted octanol–water partition coefficient (Wildman–Crippen LogP) is 7.01. The summed E-state index contributed by atoms with van der Waals surface area (Å²) < 4.78 is 14.8. The molecule has 0 radical (unpaired) electrons. The summed E-state index contributed by atoms with van der Waals surface area (Å²) in [6, 6.07) is 19.3. The lowest BCUT2D eigenvalue weighted by Crippen LogP contribution is -2.11. The van der Waals surface area contributed by atoms with Gasteiger partial charge in [0.1, 0.15) is 11.4 Å². The van der Waals surface area contributed by atoms with Crippen molar-refractivity contribution in [1.29, 1.82) is 0 Å². The molecular formula is C30H26N4O4S2. The number of hydrogen-bond donors (Lipinski definition) is 0. The van der Waals surface area contributed by atoms with E-state index in [4.69, 9.17) is 9.47 Å². The summed E-state index contributed by atoms with van der Waals surface area (Å²) in [5.74, 6) is -0.762. The van der Waals surface area contributed by atoms with Crippen LogP contribution in [0.4, 0.5) is 0 Å². The average Bonchev–Trinajstić information content (AvgIpc) is 3.76. The van der Waals surface area contributed by atoms with Crippen molar-refractivity contribution < 1.29 is 19.1 Å². The molecule has 0 amide bonds. The van der Waals surface area contributed by atoms with Crippen LogP contribution in [0.5, 0.6) is 0 Å². The van der Waals surface area contributed by atoms with Crippen LogP contribution < -0.4 is 0 Å². The van der Waals surface area contributed by atoms with Gasteiger partial charge in [-0.2, -0.15) is 0 Å². The Morgan fingerprint density at radius 1 is 0.625 bits per heavy atom. The first kappa shape index (κ1) is 26.0. The lowest BCUT2D eigenvalue weighted by Gasteiger charge is -2.08. The molecule has 4 aromatic heterocycles. The maximum absolute atomic E-state index is 13.0. The highest BCUT2D eigenvalue weighted by atomic mass is 32.1. The fraction of sp³-hybridized carbons (Fsp3) is 0.200. The number of carbonyl (C=O) groups excluding carboxylic acids is 2. The first-order valence-corrected chi connectivity index (χ1v) is 14.8. The van der Waals surface area contributed by atoms with Crippen molar-refractivity contribution >= 4 is 44.5 Å². The van der Waals surface area contributed by atoms with Crippen LogP contribution in [0.2, 0.25) is 0 Å². The van der Waals surface area contributed by atoms with E-state index in [2.05, 4.69) is 9.97 Å². The number of thiazole rings is 2. The van der Waals surface area contributed by atoms with Crippen molar-refractivity contribution in [3.8, 4) is 22.5 Å². The van der Waals surface area contributed by atoms with Gasteiger partial charge in [0.2, 0.25) is 0 Å². The van der Waals surface area contributed by atoms with Crippen LogP contribution in [0.1, 0.15) is 46.7 Å². The molecule has 0 unspecified atom stereocenters. The number of esters is 2. The smallest absolute Gasteiger partial charge is 0.357 e. The molecule has 2 aromatic carbocycles. The minimum atomic E-state index is -0.381. The molecule has 0 saturated carbocycles. The quantitative estimate of drug-likeness (QED) is 0.123. The molecule has 0 saturated heterocycles. The average molecular weight is 571 g/mol. The normalized spacial score (nSPS) is 11.3. The molecule has 0 spiro atoms. The Labute approximate surface area is 238 Å². The van der Waals surface area contributed by atoms with Crippen molar-refractivity contribution in [1.82, 2.24) is 18.8 Å². The third-order valence-electron chi connectivity index (χ3n) is 6.51. The lowest BCUT2D eigenvalue weighted by molar-refractivity contribution is 0.0466. The minimum absolute atomic E-state index is 0.316. The van der Waals surface area contributed by atoms with E-state index in [9.17, 15) is 9.59 Å². The number of unbranched alkanes of at least 4 members (excludes halogenated alkanes) is 3. The van der Waals surface area contributed by atoms with Crippen LogP contribution in [-0.4, -0.2) is 43.9 Å². The Kier molecular flexibility index (Phi) is 7.69. The van der Waals surface area contributed by atoms with Gasteiger partial charge in [-0.1, -0.05) is 60.7 Å². The van der Waals surface area contributed by atoms with Crippen molar-refractivity contribution in [3.63, 3.8) is 0 Å². The van der Waals surface area contributed by atoms with Gasteiger partial charge < -0.3 is 9.47 Å². The number of benzene rings is 2. The Morgan fingerprint density at radius 3 is 1.48 bits per heavy atom. The maximum atomic E-state index is 13.0. The Bertz CT molecular complexity index is 1620. The SMILES string of the molecule is O=C(OCCCCCCOC(=O)c1c(-c2ccccc2)nc2sccn12)c1c(-c2ccccc2)nc2sccn12. The molecule has 10 heteroatoms. The van der Waals surface area contributed by atoms with Gasteiger partial charge in [-0.25, -0.2) is 19.6 Å². The predicted molar refractivity (Wildman–Crippen MR) is 156 cm³/mol. The lowest BCUT2D eigenvalue weighted by atomic mass is 10.1. The molecule has 0 N–H and O–H groups in total. The Hall–Kier alpha value is -4.28. The van der Waals surface area contributed by atoms with Crippen molar-refractivity contribution in [2.24, 2.45) is 0 Å². The monoisotopic (exact) mass is 570 g/mol. The molecule has 0 aliphatic heterocycles. The van der Waals surface area contributed by atoms with E-state index in [1.165, 1.54) is 22.7 Å². The molecule has 0 aliphatic rings. The molecule has 4 heterocycles. The van der Waals surface area contributed by atoms with Crippen molar-refractivity contribution in [2.75, 3.05) is 13.2 Å². The van der Waals surface area contributed by atoms with Crippen molar-refractivity contribution in [3.05, 3.63) is 95.2 Å². The maximum Gasteiger partial charge on any atom is 0.357 e. The van der Waals surface area contributed by atoms with Gasteiger partial charge in [0.05, 0.1) is 13.2 Å². The molecule has 0 atom stereocenters. The number of rotatable bonds is 11.